The van der Waals surface area contributed by atoms with Gasteiger partial charge in [-0.05, 0) is 38.6 Å². The van der Waals surface area contributed by atoms with Crippen LogP contribution in [-0.2, 0) is 0 Å². The third-order valence-corrected chi connectivity index (χ3v) is 3.03. The molecule has 1 heterocycles. The van der Waals surface area contributed by atoms with Crippen LogP contribution in [0.25, 0.3) is 11.3 Å². The van der Waals surface area contributed by atoms with E-state index in [-0.39, 0.29) is 0 Å². The maximum atomic E-state index is 5.91. The van der Waals surface area contributed by atoms with E-state index in [1.807, 2.05) is 13.1 Å². The van der Waals surface area contributed by atoms with E-state index in [4.69, 9.17) is 4.42 Å². The lowest BCUT2D eigenvalue weighted by Crippen LogP contribution is -2.14. The lowest BCUT2D eigenvalue weighted by atomic mass is 10.1. The molecule has 90 valence electrons. The van der Waals surface area contributed by atoms with Crippen LogP contribution in [0.4, 0.5) is 0 Å². The van der Waals surface area contributed by atoms with Gasteiger partial charge in [-0.15, -0.1) is 0 Å². The predicted molar refractivity (Wildman–Crippen MR) is 71.0 cm³/mol. The summed E-state index contributed by atoms with van der Waals surface area (Å²) in [6.07, 6.45) is 1.03. The molecule has 2 nitrogen and oxygen atoms in total. The number of rotatable bonds is 4. The number of aryl methyl sites for hydroxylation is 1. The Hall–Kier alpha value is -1.54. The topological polar surface area (TPSA) is 25.2 Å². The standard InChI is InChI=1S/C15H19NO/c1-4-13(16-3)15-9-8-14(17-15)12-7-5-6-11(2)10-12/h5-10,13,16H,4H2,1-3H3. The summed E-state index contributed by atoms with van der Waals surface area (Å²) >= 11 is 0. The van der Waals surface area contributed by atoms with Crippen LogP contribution in [0, 0.1) is 6.92 Å². The molecule has 1 aromatic carbocycles. The predicted octanol–water partition coefficient (Wildman–Crippen LogP) is 3.93. The van der Waals surface area contributed by atoms with Gasteiger partial charge in [0, 0.05) is 5.56 Å². The molecule has 2 aromatic rings. The molecular weight excluding hydrogens is 210 g/mol. The summed E-state index contributed by atoms with van der Waals surface area (Å²) in [6, 6.07) is 12.8. The molecule has 0 amide bonds. The molecule has 2 heteroatoms. The van der Waals surface area contributed by atoms with Crippen LogP contribution in [0.3, 0.4) is 0 Å². The van der Waals surface area contributed by atoms with E-state index in [0.717, 1.165) is 23.5 Å². The monoisotopic (exact) mass is 229 g/mol. The number of furan rings is 1. The fourth-order valence-electron chi connectivity index (χ4n) is 2.04. The third-order valence-electron chi connectivity index (χ3n) is 3.03. The summed E-state index contributed by atoms with van der Waals surface area (Å²) in [5.41, 5.74) is 2.39. The largest absolute Gasteiger partial charge is 0.459 e. The van der Waals surface area contributed by atoms with Crippen molar-refractivity contribution in [2.45, 2.75) is 26.3 Å². The molecule has 0 saturated heterocycles. The molecule has 0 spiro atoms. The van der Waals surface area contributed by atoms with Crippen LogP contribution < -0.4 is 5.32 Å². The van der Waals surface area contributed by atoms with Gasteiger partial charge in [0.15, 0.2) is 0 Å². The molecule has 0 bridgehead atoms. The number of hydrogen-bond donors (Lipinski definition) is 1. The molecule has 1 N–H and O–H groups in total. The molecule has 17 heavy (non-hydrogen) atoms. The van der Waals surface area contributed by atoms with Crippen molar-refractivity contribution in [3.05, 3.63) is 47.7 Å². The Kier molecular flexibility index (Phi) is 3.64. The molecule has 0 aliphatic carbocycles. The second kappa shape index (κ2) is 5.19. The van der Waals surface area contributed by atoms with Crippen molar-refractivity contribution >= 4 is 0 Å². The summed E-state index contributed by atoms with van der Waals surface area (Å²) in [5, 5.41) is 3.25. The van der Waals surface area contributed by atoms with Crippen molar-refractivity contribution in [2.75, 3.05) is 7.05 Å². The van der Waals surface area contributed by atoms with E-state index in [1.54, 1.807) is 0 Å². The minimum absolute atomic E-state index is 0.300. The van der Waals surface area contributed by atoms with E-state index in [1.165, 1.54) is 5.56 Å². The normalized spacial score (nSPS) is 12.6. The van der Waals surface area contributed by atoms with Gasteiger partial charge in [0.1, 0.15) is 11.5 Å². The fraction of sp³-hybridized carbons (Fsp3) is 0.333. The van der Waals surface area contributed by atoms with Crippen molar-refractivity contribution in [1.29, 1.82) is 0 Å². The first kappa shape index (κ1) is 11.9. The maximum absolute atomic E-state index is 5.91. The molecule has 0 aliphatic heterocycles. The zero-order valence-electron chi connectivity index (χ0n) is 10.7. The summed E-state index contributed by atoms with van der Waals surface area (Å²) < 4.78 is 5.91. The molecule has 1 aromatic heterocycles. The van der Waals surface area contributed by atoms with Gasteiger partial charge in [0.05, 0.1) is 6.04 Å². The lowest BCUT2D eigenvalue weighted by Gasteiger charge is -2.09. The molecule has 2 rings (SSSR count). The zero-order valence-corrected chi connectivity index (χ0v) is 10.7. The zero-order chi connectivity index (χ0) is 12.3. The van der Waals surface area contributed by atoms with Crippen LogP contribution >= 0.6 is 0 Å². The van der Waals surface area contributed by atoms with E-state index in [2.05, 4.69) is 49.5 Å². The third kappa shape index (κ3) is 2.59. The highest BCUT2D eigenvalue weighted by Gasteiger charge is 2.12. The van der Waals surface area contributed by atoms with Crippen LogP contribution in [-0.4, -0.2) is 7.05 Å². The van der Waals surface area contributed by atoms with Crippen LogP contribution in [0.5, 0.6) is 0 Å². The number of nitrogens with one attached hydrogen (secondary N) is 1. The summed E-state index contributed by atoms with van der Waals surface area (Å²) in [4.78, 5) is 0. The average molecular weight is 229 g/mol. The van der Waals surface area contributed by atoms with Gasteiger partial charge in [-0.1, -0.05) is 30.7 Å². The first-order valence-electron chi connectivity index (χ1n) is 6.08. The summed E-state index contributed by atoms with van der Waals surface area (Å²) in [7, 11) is 1.96. The summed E-state index contributed by atoms with van der Waals surface area (Å²) in [5.74, 6) is 1.95. The van der Waals surface area contributed by atoms with Crippen LogP contribution in [0.15, 0.2) is 40.8 Å². The first-order valence-corrected chi connectivity index (χ1v) is 6.08. The minimum Gasteiger partial charge on any atom is -0.459 e. The van der Waals surface area contributed by atoms with E-state index < -0.39 is 0 Å². The Morgan fingerprint density at radius 3 is 2.71 bits per heavy atom. The molecule has 0 fully saturated rings. The summed E-state index contributed by atoms with van der Waals surface area (Å²) in [6.45, 7) is 4.24. The Morgan fingerprint density at radius 1 is 1.24 bits per heavy atom. The first-order chi connectivity index (χ1) is 8.24. The van der Waals surface area contributed by atoms with Crippen LogP contribution in [0.1, 0.15) is 30.7 Å². The average Bonchev–Trinajstić information content (AvgIpc) is 2.80. The Bertz CT molecular complexity index is 483. The maximum Gasteiger partial charge on any atom is 0.134 e. The lowest BCUT2D eigenvalue weighted by molar-refractivity contribution is 0.431. The van der Waals surface area contributed by atoms with Crippen molar-refractivity contribution in [3.63, 3.8) is 0 Å². The Balaban J connectivity index is 2.29. The number of benzene rings is 1. The van der Waals surface area contributed by atoms with Gasteiger partial charge in [-0.3, -0.25) is 0 Å². The van der Waals surface area contributed by atoms with Crippen molar-refractivity contribution in [2.24, 2.45) is 0 Å². The Labute approximate surface area is 103 Å². The van der Waals surface area contributed by atoms with E-state index in [9.17, 15) is 0 Å². The highest BCUT2D eigenvalue weighted by Crippen LogP contribution is 2.26. The van der Waals surface area contributed by atoms with Crippen molar-refractivity contribution in [3.8, 4) is 11.3 Å². The molecule has 0 saturated carbocycles. The van der Waals surface area contributed by atoms with Gasteiger partial charge in [0.2, 0.25) is 0 Å². The van der Waals surface area contributed by atoms with Gasteiger partial charge in [-0.2, -0.15) is 0 Å². The second-order valence-corrected chi connectivity index (χ2v) is 4.32. The van der Waals surface area contributed by atoms with Gasteiger partial charge < -0.3 is 9.73 Å². The van der Waals surface area contributed by atoms with Gasteiger partial charge in [0.25, 0.3) is 0 Å². The molecule has 0 radical (unpaired) electrons. The smallest absolute Gasteiger partial charge is 0.134 e. The van der Waals surface area contributed by atoms with Gasteiger partial charge >= 0.3 is 0 Å². The fourth-order valence-corrected chi connectivity index (χ4v) is 2.04. The minimum atomic E-state index is 0.300. The molecular formula is C15H19NO. The van der Waals surface area contributed by atoms with Crippen molar-refractivity contribution < 1.29 is 4.42 Å². The van der Waals surface area contributed by atoms with E-state index in [0.29, 0.717) is 6.04 Å². The second-order valence-electron chi connectivity index (χ2n) is 4.32. The molecule has 0 aliphatic rings. The van der Waals surface area contributed by atoms with Crippen molar-refractivity contribution in [1.82, 2.24) is 5.32 Å². The van der Waals surface area contributed by atoms with Crippen LogP contribution in [0.2, 0.25) is 0 Å². The Morgan fingerprint density at radius 2 is 2.06 bits per heavy atom. The van der Waals surface area contributed by atoms with E-state index >= 15 is 0 Å². The highest BCUT2D eigenvalue weighted by atomic mass is 16.3. The molecule has 1 unspecified atom stereocenters. The molecule has 1 atom stereocenters. The number of hydrogen-bond acceptors (Lipinski definition) is 2. The quantitative estimate of drug-likeness (QED) is 0.859. The highest BCUT2D eigenvalue weighted by molar-refractivity contribution is 5.58. The SMILES string of the molecule is CCC(NC)c1ccc(-c2cccc(C)c2)o1. The van der Waals surface area contributed by atoms with Gasteiger partial charge in [-0.25, -0.2) is 0 Å².